The van der Waals surface area contributed by atoms with Crippen LogP contribution in [0.2, 0.25) is 0 Å². The first-order chi connectivity index (χ1) is 10.1. The van der Waals surface area contributed by atoms with Gasteiger partial charge in [0.25, 0.3) is 0 Å². The second kappa shape index (κ2) is 5.79. The zero-order chi connectivity index (χ0) is 15.0. The van der Waals surface area contributed by atoms with Gasteiger partial charge in [-0.25, -0.2) is 0 Å². The van der Waals surface area contributed by atoms with Crippen molar-refractivity contribution in [3.63, 3.8) is 0 Å². The minimum absolute atomic E-state index is 0.237. The van der Waals surface area contributed by atoms with E-state index in [-0.39, 0.29) is 6.04 Å². The maximum atomic E-state index is 6.10. The first kappa shape index (κ1) is 14.6. The van der Waals surface area contributed by atoms with E-state index < -0.39 is 0 Å². The topological polar surface area (TPSA) is 45.6 Å². The van der Waals surface area contributed by atoms with Crippen LogP contribution in [-0.4, -0.2) is 49.6 Å². The number of fused-ring (bicyclic) bond motifs is 1. The molecule has 4 heteroatoms. The van der Waals surface area contributed by atoms with Gasteiger partial charge in [-0.2, -0.15) is 0 Å². The van der Waals surface area contributed by atoms with Crippen molar-refractivity contribution in [2.75, 3.05) is 33.7 Å². The van der Waals surface area contributed by atoms with Crippen molar-refractivity contribution < 1.29 is 4.42 Å². The van der Waals surface area contributed by atoms with E-state index in [4.69, 9.17) is 10.2 Å². The number of nitrogens with zero attached hydrogens (tertiary/aromatic N) is 2. The summed E-state index contributed by atoms with van der Waals surface area (Å²) in [5.74, 6) is 0.659. The van der Waals surface area contributed by atoms with Crippen LogP contribution in [0.3, 0.4) is 0 Å². The molecule has 114 valence electrons. The molecule has 0 radical (unpaired) electrons. The second-order valence-electron chi connectivity index (χ2n) is 6.40. The molecule has 2 heterocycles. The molecule has 4 nitrogen and oxygen atoms in total. The summed E-state index contributed by atoms with van der Waals surface area (Å²) in [6.45, 7) is 5.10. The molecule has 1 aromatic heterocycles. The van der Waals surface area contributed by atoms with Crippen LogP contribution in [-0.2, 0) is 0 Å². The zero-order valence-corrected chi connectivity index (χ0v) is 13.1. The molecule has 2 N–H and O–H groups in total. The maximum Gasteiger partial charge on any atom is 0.134 e. The monoisotopic (exact) mass is 287 g/mol. The van der Waals surface area contributed by atoms with Gasteiger partial charge in [0.2, 0.25) is 0 Å². The van der Waals surface area contributed by atoms with Crippen LogP contribution in [0.1, 0.15) is 18.5 Å². The minimum Gasteiger partial charge on any atom is -0.464 e. The first-order valence-electron chi connectivity index (χ1n) is 7.68. The lowest BCUT2D eigenvalue weighted by Crippen LogP contribution is -2.36. The van der Waals surface area contributed by atoms with Crippen molar-refractivity contribution in [2.45, 2.75) is 19.0 Å². The highest BCUT2D eigenvalue weighted by Gasteiger charge is 2.35. The van der Waals surface area contributed by atoms with Crippen LogP contribution in [0, 0.1) is 5.92 Å². The molecule has 2 aromatic rings. The molecule has 3 rings (SSSR count). The summed E-state index contributed by atoms with van der Waals surface area (Å²) < 4.78 is 5.70. The van der Waals surface area contributed by atoms with E-state index in [0.717, 1.165) is 18.7 Å². The lowest BCUT2D eigenvalue weighted by atomic mass is 10.0. The van der Waals surface area contributed by atoms with Gasteiger partial charge >= 0.3 is 0 Å². The van der Waals surface area contributed by atoms with Crippen molar-refractivity contribution in [2.24, 2.45) is 11.7 Å². The van der Waals surface area contributed by atoms with Gasteiger partial charge < -0.3 is 15.1 Å². The van der Waals surface area contributed by atoms with E-state index in [1.165, 1.54) is 10.9 Å². The Hall–Kier alpha value is -1.36. The number of benzene rings is 1. The molecule has 21 heavy (non-hydrogen) atoms. The van der Waals surface area contributed by atoms with E-state index >= 15 is 0 Å². The molecule has 1 aliphatic heterocycles. The summed E-state index contributed by atoms with van der Waals surface area (Å²) >= 11 is 0. The lowest BCUT2D eigenvalue weighted by molar-refractivity contribution is 0.219. The smallest absolute Gasteiger partial charge is 0.134 e. The van der Waals surface area contributed by atoms with Crippen molar-refractivity contribution >= 4 is 11.0 Å². The van der Waals surface area contributed by atoms with Crippen LogP contribution < -0.4 is 5.73 Å². The standard InChI is InChI=1S/C17H25N3O/c1-12-9-20(10-16(12)19(2)3)15(8-18)14-11-21-17-7-5-4-6-13(14)17/h4-7,11-12,15-16H,8-10,18H2,1-3H3. The van der Waals surface area contributed by atoms with Crippen molar-refractivity contribution in [3.8, 4) is 0 Å². The number of rotatable bonds is 4. The highest BCUT2D eigenvalue weighted by Crippen LogP contribution is 2.33. The SMILES string of the molecule is CC1CN(C(CN)c2coc3ccccc23)CC1N(C)C. The van der Waals surface area contributed by atoms with E-state index in [2.05, 4.69) is 43.0 Å². The van der Waals surface area contributed by atoms with Crippen molar-refractivity contribution in [1.29, 1.82) is 0 Å². The summed E-state index contributed by atoms with van der Waals surface area (Å²) in [6, 6.07) is 9.04. The zero-order valence-electron chi connectivity index (χ0n) is 13.1. The van der Waals surface area contributed by atoms with E-state index in [9.17, 15) is 0 Å². The third kappa shape index (κ3) is 2.59. The van der Waals surface area contributed by atoms with Gasteiger partial charge in [-0.15, -0.1) is 0 Å². The predicted molar refractivity (Wildman–Crippen MR) is 86.2 cm³/mol. The lowest BCUT2D eigenvalue weighted by Gasteiger charge is -2.27. The van der Waals surface area contributed by atoms with Gasteiger partial charge in [-0.3, -0.25) is 4.90 Å². The molecule has 0 bridgehead atoms. The Morgan fingerprint density at radius 2 is 2.10 bits per heavy atom. The number of likely N-dealkylation sites (N-methyl/N-ethyl adjacent to an activating group) is 1. The van der Waals surface area contributed by atoms with E-state index in [1.807, 2.05) is 18.4 Å². The Labute approximate surface area is 126 Å². The number of hydrogen-bond donors (Lipinski definition) is 1. The molecule has 1 aromatic carbocycles. The summed E-state index contributed by atoms with van der Waals surface area (Å²) in [5, 5.41) is 1.19. The number of furan rings is 1. The molecule has 1 aliphatic rings. The molecule has 0 saturated carbocycles. The summed E-state index contributed by atoms with van der Waals surface area (Å²) in [6.07, 6.45) is 1.88. The molecule has 3 unspecified atom stereocenters. The number of nitrogens with two attached hydrogens (primary N) is 1. The van der Waals surface area contributed by atoms with Gasteiger partial charge in [-0.05, 0) is 26.1 Å². The average molecular weight is 287 g/mol. The Balaban J connectivity index is 1.89. The number of likely N-dealkylation sites (tertiary alicyclic amines) is 1. The van der Waals surface area contributed by atoms with E-state index in [0.29, 0.717) is 18.5 Å². The highest BCUT2D eigenvalue weighted by molar-refractivity contribution is 5.81. The molecular formula is C17H25N3O. The summed E-state index contributed by atoms with van der Waals surface area (Å²) in [4.78, 5) is 4.83. The predicted octanol–water partition coefficient (Wildman–Crippen LogP) is 2.31. The van der Waals surface area contributed by atoms with Gasteiger partial charge in [0.05, 0.1) is 12.3 Å². The van der Waals surface area contributed by atoms with Gasteiger partial charge in [0, 0.05) is 36.6 Å². The van der Waals surface area contributed by atoms with Crippen molar-refractivity contribution in [1.82, 2.24) is 9.80 Å². The van der Waals surface area contributed by atoms with Gasteiger partial charge in [0.15, 0.2) is 0 Å². The molecule has 3 atom stereocenters. The largest absolute Gasteiger partial charge is 0.464 e. The molecule has 1 fully saturated rings. The Morgan fingerprint density at radius 1 is 1.33 bits per heavy atom. The maximum absolute atomic E-state index is 6.10. The normalized spacial score (nSPS) is 25.0. The van der Waals surface area contributed by atoms with Crippen LogP contribution in [0.15, 0.2) is 34.9 Å². The Bertz CT molecular complexity index is 607. The fraction of sp³-hybridized carbons (Fsp3) is 0.529. The van der Waals surface area contributed by atoms with Gasteiger partial charge in [-0.1, -0.05) is 25.1 Å². The molecule has 0 spiro atoms. The minimum atomic E-state index is 0.237. The van der Waals surface area contributed by atoms with Crippen LogP contribution >= 0.6 is 0 Å². The average Bonchev–Trinajstić information content (AvgIpc) is 3.05. The third-order valence-corrected chi connectivity index (χ3v) is 4.80. The Kier molecular flexibility index (Phi) is 4.02. The van der Waals surface area contributed by atoms with Crippen LogP contribution in [0.4, 0.5) is 0 Å². The first-order valence-corrected chi connectivity index (χ1v) is 7.68. The molecular weight excluding hydrogens is 262 g/mol. The molecule has 0 aliphatic carbocycles. The number of hydrogen-bond acceptors (Lipinski definition) is 4. The number of para-hydroxylation sites is 1. The second-order valence-corrected chi connectivity index (χ2v) is 6.40. The van der Waals surface area contributed by atoms with Crippen LogP contribution in [0.5, 0.6) is 0 Å². The van der Waals surface area contributed by atoms with Gasteiger partial charge in [0.1, 0.15) is 5.58 Å². The fourth-order valence-corrected chi connectivity index (χ4v) is 3.64. The van der Waals surface area contributed by atoms with Crippen LogP contribution in [0.25, 0.3) is 11.0 Å². The molecule has 0 amide bonds. The van der Waals surface area contributed by atoms with Crippen molar-refractivity contribution in [3.05, 3.63) is 36.1 Å². The summed E-state index contributed by atoms with van der Waals surface area (Å²) in [7, 11) is 4.32. The van der Waals surface area contributed by atoms with E-state index in [1.54, 1.807) is 0 Å². The fourth-order valence-electron chi connectivity index (χ4n) is 3.64. The quantitative estimate of drug-likeness (QED) is 0.937. The highest BCUT2D eigenvalue weighted by atomic mass is 16.3. The molecule has 1 saturated heterocycles. The summed E-state index contributed by atoms with van der Waals surface area (Å²) in [5.41, 5.74) is 8.27. The third-order valence-electron chi connectivity index (χ3n) is 4.80. The Morgan fingerprint density at radius 3 is 2.76 bits per heavy atom.